The van der Waals surface area contributed by atoms with E-state index in [9.17, 15) is 9.59 Å². The first kappa shape index (κ1) is 15.2. The second kappa shape index (κ2) is 6.94. The number of carbonyl (C=O) groups is 2. The number of anilines is 1. The maximum absolute atomic E-state index is 11.0. The number of amides is 1. The molecule has 0 aliphatic rings. The number of hydrogen-bond donors (Lipinski definition) is 2. The van der Waals surface area contributed by atoms with Gasteiger partial charge in [0, 0.05) is 6.54 Å². The highest BCUT2D eigenvalue weighted by molar-refractivity contribution is 6.33. The number of aromatic nitrogens is 1. The summed E-state index contributed by atoms with van der Waals surface area (Å²) in [4.78, 5) is 27.6. The molecule has 0 aliphatic heterocycles. The van der Waals surface area contributed by atoms with E-state index in [1.54, 1.807) is 11.0 Å². The highest BCUT2D eigenvalue weighted by atomic mass is 35.5. The Kier molecular flexibility index (Phi) is 5.57. The standard InChI is InChI=1S/C12H16ClN3O3/c1-2-3-6-16(7-9(14)17)10-5-4-8(13)11(15-10)12(18)19/h4-5H,2-3,6-7H2,1H3,(H2,14,17)(H,18,19). The van der Waals surface area contributed by atoms with Crippen LogP contribution in [0.5, 0.6) is 0 Å². The zero-order valence-corrected chi connectivity index (χ0v) is 11.4. The molecule has 0 aromatic carbocycles. The number of halogens is 1. The van der Waals surface area contributed by atoms with Crippen LogP contribution in [0.25, 0.3) is 0 Å². The Morgan fingerprint density at radius 1 is 1.47 bits per heavy atom. The monoisotopic (exact) mass is 285 g/mol. The highest BCUT2D eigenvalue weighted by Gasteiger charge is 2.16. The second-order valence-electron chi connectivity index (χ2n) is 4.05. The molecule has 7 heteroatoms. The van der Waals surface area contributed by atoms with Crippen molar-refractivity contribution in [3.8, 4) is 0 Å². The maximum atomic E-state index is 11.0. The van der Waals surface area contributed by atoms with Gasteiger partial charge in [0.2, 0.25) is 5.91 Å². The fourth-order valence-corrected chi connectivity index (χ4v) is 1.76. The molecule has 1 aromatic heterocycles. The van der Waals surface area contributed by atoms with Gasteiger partial charge < -0.3 is 15.7 Å². The number of aromatic carboxylic acids is 1. The van der Waals surface area contributed by atoms with Crippen molar-refractivity contribution >= 4 is 29.3 Å². The first-order valence-electron chi connectivity index (χ1n) is 5.88. The van der Waals surface area contributed by atoms with Crippen LogP contribution in [0.1, 0.15) is 30.3 Å². The zero-order valence-electron chi connectivity index (χ0n) is 10.6. The predicted octanol–water partition coefficient (Wildman–Crippen LogP) is 1.52. The van der Waals surface area contributed by atoms with Gasteiger partial charge in [-0.1, -0.05) is 24.9 Å². The van der Waals surface area contributed by atoms with Crippen molar-refractivity contribution in [1.82, 2.24) is 4.98 Å². The Morgan fingerprint density at radius 3 is 2.68 bits per heavy atom. The first-order valence-corrected chi connectivity index (χ1v) is 6.26. The van der Waals surface area contributed by atoms with E-state index in [1.165, 1.54) is 6.07 Å². The van der Waals surface area contributed by atoms with E-state index < -0.39 is 11.9 Å². The molecular formula is C12H16ClN3O3. The Labute approximate surface area is 116 Å². The number of nitrogens with two attached hydrogens (primary N) is 1. The molecule has 0 atom stereocenters. The molecule has 0 aliphatic carbocycles. The smallest absolute Gasteiger partial charge is 0.356 e. The van der Waals surface area contributed by atoms with E-state index in [2.05, 4.69) is 4.98 Å². The molecule has 1 rings (SSSR count). The summed E-state index contributed by atoms with van der Waals surface area (Å²) in [5.74, 6) is -1.32. The highest BCUT2D eigenvalue weighted by Crippen LogP contribution is 2.19. The Bertz CT molecular complexity index is 479. The van der Waals surface area contributed by atoms with Gasteiger partial charge in [-0.2, -0.15) is 0 Å². The Morgan fingerprint density at radius 2 is 2.16 bits per heavy atom. The van der Waals surface area contributed by atoms with E-state index in [1.807, 2.05) is 6.92 Å². The van der Waals surface area contributed by atoms with Gasteiger partial charge in [0.15, 0.2) is 5.69 Å². The van der Waals surface area contributed by atoms with Gasteiger partial charge in [-0.3, -0.25) is 4.79 Å². The van der Waals surface area contributed by atoms with Crippen LogP contribution in [-0.4, -0.2) is 35.1 Å². The van der Waals surface area contributed by atoms with Crippen molar-refractivity contribution in [3.63, 3.8) is 0 Å². The third-order valence-electron chi connectivity index (χ3n) is 2.49. The first-order chi connectivity index (χ1) is 8.95. The summed E-state index contributed by atoms with van der Waals surface area (Å²) >= 11 is 5.75. The number of primary amides is 1. The lowest BCUT2D eigenvalue weighted by Crippen LogP contribution is -2.35. The molecule has 0 unspecified atom stereocenters. The van der Waals surface area contributed by atoms with Gasteiger partial charge in [-0.25, -0.2) is 9.78 Å². The number of carbonyl (C=O) groups excluding carboxylic acids is 1. The Balaban J connectivity index is 3.03. The molecule has 19 heavy (non-hydrogen) atoms. The zero-order chi connectivity index (χ0) is 14.4. The Hall–Kier alpha value is -1.82. The van der Waals surface area contributed by atoms with Crippen LogP contribution in [0.15, 0.2) is 12.1 Å². The molecule has 104 valence electrons. The topological polar surface area (TPSA) is 96.5 Å². The minimum Gasteiger partial charge on any atom is -0.476 e. The third-order valence-corrected chi connectivity index (χ3v) is 2.79. The summed E-state index contributed by atoms with van der Waals surface area (Å²) in [6.45, 7) is 2.58. The van der Waals surface area contributed by atoms with Crippen LogP contribution in [-0.2, 0) is 4.79 Å². The molecule has 0 saturated heterocycles. The van der Waals surface area contributed by atoms with Crippen molar-refractivity contribution in [2.24, 2.45) is 5.73 Å². The lowest BCUT2D eigenvalue weighted by Gasteiger charge is -2.22. The number of rotatable bonds is 7. The number of hydrogen-bond acceptors (Lipinski definition) is 4. The average molecular weight is 286 g/mol. The van der Waals surface area contributed by atoms with Crippen LogP contribution >= 0.6 is 11.6 Å². The van der Waals surface area contributed by atoms with E-state index in [4.69, 9.17) is 22.4 Å². The number of pyridine rings is 1. The number of unbranched alkanes of at least 4 members (excludes halogenated alkanes) is 1. The quantitative estimate of drug-likeness (QED) is 0.792. The molecule has 0 radical (unpaired) electrons. The molecule has 0 bridgehead atoms. The van der Waals surface area contributed by atoms with E-state index >= 15 is 0 Å². The number of carboxylic acids is 1. The largest absolute Gasteiger partial charge is 0.476 e. The molecule has 0 spiro atoms. The number of nitrogens with zero attached hydrogens (tertiary/aromatic N) is 2. The molecule has 1 amide bonds. The van der Waals surface area contributed by atoms with Gasteiger partial charge in [-0.05, 0) is 18.6 Å². The summed E-state index contributed by atoms with van der Waals surface area (Å²) in [6.07, 6.45) is 1.79. The van der Waals surface area contributed by atoms with Gasteiger partial charge in [0.25, 0.3) is 0 Å². The van der Waals surface area contributed by atoms with Crippen molar-refractivity contribution in [2.45, 2.75) is 19.8 Å². The van der Waals surface area contributed by atoms with Gasteiger partial charge in [-0.15, -0.1) is 0 Å². The minimum absolute atomic E-state index is 0.00626. The van der Waals surface area contributed by atoms with Gasteiger partial charge >= 0.3 is 5.97 Å². The summed E-state index contributed by atoms with van der Waals surface area (Å²) in [7, 11) is 0. The molecule has 3 N–H and O–H groups in total. The average Bonchev–Trinajstić information content (AvgIpc) is 2.34. The van der Waals surface area contributed by atoms with Crippen LogP contribution in [0.3, 0.4) is 0 Å². The minimum atomic E-state index is -1.21. The molecular weight excluding hydrogens is 270 g/mol. The number of carboxylic acid groups (broad SMARTS) is 1. The normalized spacial score (nSPS) is 10.2. The summed E-state index contributed by atoms with van der Waals surface area (Å²) in [5, 5.41) is 9.03. The molecule has 6 nitrogen and oxygen atoms in total. The van der Waals surface area contributed by atoms with E-state index in [-0.39, 0.29) is 17.3 Å². The second-order valence-corrected chi connectivity index (χ2v) is 4.45. The molecule has 1 aromatic rings. The fraction of sp³-hybridized carbons (Fsp3) is 0.417. The molecule has 0 fully saturated rings. The van der Waals surface area contributed by atoms with Gasteiger partial charge in [0.05, 0.1) is 11.6 Å². The van der Waals surface area contributed by atoms with Crippen molar-refractivity contribution in [1.29, 1.82) is 0 Å². The summed E-state index contributed by atoms with van der Waals surface area (Å²) < 4.78 is 0. The summed E-state index contributed by atoms with van der Waals surface area (Å²) in [5.41, 5.74) is 4.95. The summed E-state index contributed by atoms with van der Waals surface area (Å²) in [6, 6.07) is 3.03. The molecule has 0 saturated carbocycles. The van der Waals surface area contributed by atoms with E-state index in [0.717, 1.165) is 12.8 Å². The third kappa shape index (κ3) is 4.40. The fourth-order valence-electron chi connectivity index (χ4n) is 1.57. The van der Waals surface area contributed by atoms with Crippen molar-refractivity contribution in [2.75, 3.05) is 18.0 Å². The van der Waals surface area contributed by atoms with Gasteiger partial charge in [0.1, 0.15) is 5.82 Å². The lowest BCUT2D eigenvalue weighted by molar-refractivity contribution is -0.116. The predicted molar refractivity (Wildman–Crippen MR) is 72.5 cm³/mol. The van der Waals surface area contributed by atoms with Crippen LogP contribution in [0.2, 0.25) is 5.02 Å². The maximum Gasteiger partial charge on any atom is 0.356 e. The van der Waals surface area contributed by atoms with Crippen LogP contribution in [0.4, 0.5) is 5.82 Å². The lowest BCUT2D eigenvalue weighted by atomic mass is 10.3. The SMILES string of the molecule is CCCCN(CC(N)=O)c1ccc(Cl)c(C(=O)O)n1. The van der Waals surface area contributed by atoms with E-state index in [0.29, 0.717) is 12.4 Å². The van der Waals surface area contributed by atoms with Crippen LogP contribution < -0.4 is 10.6 Å². The van der Waals surface area contributed by atoms with Crippen LogP contribution in [0, 0.1) is 0 Å². The van der Waals surface area contributed by atoms with Crippen molar-refractivity contribution < 1.29 is 14.7 Å². The van der Waals surface area contributed by atoms with Crippen molar-refractivity contribution in [3.05, 3.63) is 22.8 Å². The molecule has 1 heterocycles.